The number of hydrogen-bond acceptors (Lipinski definition) is 5. The molecule has 8 heteroatoms. The molecule has 0 saturated carbocycles. The van der Waals surface area contributed by atoms with Crippen LogP contribution in [0.15, 0.2) is 57.9 Å². The van der Waals surface area contributed by atoms with Crippen molar-refractivity contribution in [3.63, 3.8) is 0 Å². The predicted molar refractivity (Wildman–Crippen MR) is 107 cm³/mol. The van der Waals surface area contributed by atoms with Crippen molar-refractivity contribution in [3.05, 3.63) is 58.3 Å². The van der Waals surface area contributed by atoms with Gasteiger partial charge in [0.15, 0.2) is 11.6 Å². The van der Waals surface area contributed by atoms with Crippen LogP contribution in [0, 0.1) is 11.3 Å². The molecule has 3 rings (SSSR count). The monoisotopic (exact) mass is 394 g/mol. The standard InChI is InChI=1S/C21H22N4O4/c1-12(2)28-19-9-6-14(10-13(19)11-22)29-25-20(23)17-5-3-4-16-15(17)7-8-18(16)24-21(26)27/h3,5-6,9-10,12,24H,4,7-8H2,1-2H3,(H2,23,25)(H,26,27). The molecule has 8 nitrogen and oxygen atoms in total. The minimum atomic E-state index is -1.08. The van der Waals surface area contributed by atoms with E-state index in [0.717, 1.165) is 11.1 Å². The second-order valence-electron chi connectivity index (χ2n) is 6.89. The highest BCUT2D eigenvalue weighted by molar-refractivity contribution is 6.01. The van der Waals surface area contributed by atoms with Crippen molar-refractivity contribution in [3.8, 4) is 17.6 Å². The van der Waals surface area contributed by atoms with E-state index in [0.29, 0.717) is 47.6 Å². The molecule has 0 unspecified atom stereocenters. The molecule has 0 aliphatic heterocycles. The molecule has 150 valence electrons. The first kappa shape index (κ1) is 20.0. The number of carboxylic acid groups (broad SMARTS) is 1. The fourth-order valence-corrected chi connectivity index (χ4v) is 3.34. The number of rotatable bonds is 6. The third-order valence-electron chi connectivity index (χ3n) is 4.50. The minimum Gasteiger partial charge on any atom is -0.490 e. The van der Waals surface area contributed by atoms with Crippen LogP contribution < -0.4 is 20.6 Å². The molecule has 29 heavy (non-hydrogen) atoms. The van der Waals surface area contributed by atoms with Gasteiger partial charge < -0.3 is 20.4 Å². The summed E-state index contributed by atoms with van der Waals surface area (Å²) >= 11 is 0. The normalized spacial score (nSPS) is 16.0. The topological polar surface area (TPSA) is 130 Å². The predicted octanol–water partition coefficient (Wildman–Crippen LogP) is 3.57. The Hall–Kier alpha value is -3.73. The Morgan fingerprint density at radius 3 is 2.83 bits per heavy atom. The molecule has 2 aliphatic carbocycles. The summed E-state index contributed by atoms with van der Waals surface area (Å²) in [5.41, 5.74) is 9.79. The van der Waals surface area contributed by atoms with Gasteiger partial charge in [-0.2, -0.15) is 5.26 Å². The Morgan fingerprint density at radius 2 is 2.14 bits per heavy atom. The van der Waals surface area contributed by atoms with Gasteiger partial charge in [0.2, 0.25) is 0 Å². The maximum atomic E-state index is 11.0. The van der Waals surface area contributed by atoms with Gasteiger partial charge in [-0.1, -0.05) is 17.3 Å². The SMILES string of the molecule is CC(C)Oc1ccc(ON=C(N)C2=C3CCC(NC(=O)O)=C3CC=C2)cc1C#N. The highest BCUT2D eigenvalue weighted by Gasteiger charge is 2.26. The van der Waals surface area contributed by atoms with Gasteiger partial charge >= 0.3 is 6.09 Å². The van der Waals surface area contributed by atoms with Gasteiger partial charge in [0.25, 0.3) is 0 Å². The van der Waals surface area contributed by atoms with Crippen LogP contribution in [0.4, 0.5) is 4.79 Å². The summed E-state index contributed by atoms with van der Waals surface area (Å²) in [6.45, 7) is 3.76. The highest BCUT2D eigenvalue weighted by Crippen LogP contribution is 2.37. The molecule has 1 amide bonds. The summed E-state index contributed by atoms with van der Waals surface area (Å²) in [5, 5.41) is 24.8. The first-order valence-corrected chi connectivity index (χ1v) is 9.22. The summed E-state index contributed by atoms with van der Waals surface area (Å²) in [4.78, 5) is 16.4. The third kappa shape index (κ3) is 4.58. The maximum absolute atomic E-state index is 11.0. The Labute approximate surface area is 168 Å². The van der Waals surface area contributed by atoms with E-state index in [1.165, 1.54) is 0 Å². The van der Waals surface area contributed by atoms with Crippen LogP contribution in [0.5, 0.6) is 11.5 Å². The van der Waals surface area contributed by atoms with E-state index >= 15 is 0 Å². The van der Waals surface area contributed by atoms with Crippen LogP contribution in [-0.2, 0) is 0 Å². The van der Waals surface area contributed by atoms with E-state index in [-0.39, 0.29) is 11.9 Å². The van der Waals surface area contributed by atoms with Crippen molar-refractivity contribution in [2.75, 3.05) is 0 Å². The van der Waals surface area contributed by atoms with Crippen LogP contribution in [0.1, 0.15) is 38.7 Å². The lowest BCUT2D eigenvalue weighted by Gasteiger charge is -2.15. The number of amides is 1. The summed E-state index contributed by atoms with van der Waals surface area (Å²) in [6, 6.07) is 6.93. The van der Waals surface area contributed by atoms with E-state index in [2.05, 4.69) is 16.5 Å². The molecule has 0 heterocycles. The number of nitrogens with one attached hydrogen (secondary N) is 1. The lowest BCUT2D eigenvalue weighted by atomic mass is 9.93. The van der Waals surface area contributed by atoms with Crippen LogP contribution in [-0.4, -0.2) is 23.1 Å². The Morgan fingerprint density at radius 1 is 1.34 bits per heavy atom. The number of carbonyl (C=O) groups is 1. The molecule has 0 atom stereocenters. The third-order valence-corrected chi connectivity index (χ3v) is 4.50. The largest absolute Gasteiger partial charge is 0.490 e. The number of oxime groups is 1. The summed E-state index contributed by atoms with van der Waals surface area (Å²) in [5.74, 6) is 1.03. The van der Waals surface area contributed by atoms with Gasteiger partial charge in [-0.15, -0.1) is 0 Å². The first-order chi connectivity index (χ1) is 13.9. The van der Waals surface area contributed by atoms with Crippen molar-refractivity contribution in [2.45, 2.75) is 39.2 Å². The molecular formula is C21H22N4O4. The zero-order chi connectivity index (χ0) is 21.0. The Bertz CT molecular complexity index is 996. The number of ether oxygens (including phenoxy) is 1. The van der Waals surface area contributed by atoms with Crippen molar-refractivity contribution in [1.29, 1.82) is 5.26 Å². The van der Waals surface area contributed by atoms with Gasteiger partial charge in [-0.3, -0.25) is 5.32 Å². The van der Waals surface area contributed by atoms with Gasteiger partial charge in [-0.05, 0) is 56.4 Å². The number of allylic oxidation sites excluding steroid dienone is 4. The number of nitrogens with two attached hydrogens (primary N) is 1. The van der Waals surface area contributed by atoms with Gasteiger partial charge in [0, 0.05) is 17.3 Å². The average Bonchev–Trinajstić information content (AvgIpc) is 3.08. The minimum absolute atomic E-state index is 0.0526. The van der Waals surface area contributed by atoms with E-state index in [1.54, 1.807) is 18.2 Å². The molecular weight excluding hydrogens is 372 g/mol. The summed E-state index contributed by atoms with van der Waals surface area (Å²) in [7, 11) is 0. The van der Waals surface area contributed by atoms with Crippen LogP contribution in [0.25, 0.3) is 0 Å². The number of benzene rings is 1. The molecule has 0 radical (unpaired) electrons. The number of fused-ring (bicyclic) bond motifs is 1. The molecule has 0 aromatic heterocycles. The van der Waals surface area contributed by atoms with Crippen molar-refractivity contribution < 1.29 is 19.5 Å². The molecule has 2 aliphatic rings. The van der Waals surface area contributed by atoms with Gasteiger partial charge in [0.1, 0.15) is 11.8 Å². The van der Waals surface area contributed by atoms with Gasteiger partial charge in [0.05, 0.1) is 11.7 Å². The van der Waals surface area contributed by atoms with Crippen molar-refractivity contribution in [1.82, 2.24) is 5.32 Å². The zero-order valence-corrected chi connectivity index (χ0v) is 16.2. The second-order valence-corrected chi connectivity index (χ2v) is 6.89. The lowest BCUT2D eigenvalue weighted by molar-refractivity contribution is 0.197. The van der Waals surface area contributed by atoms with Crippen LogP contribution in [0.2, 0.25) is 0 Å². The van der Waals surface area contributed by atoms with Gasteiger partial charge in [-0.25, -0.2) is 4.79 Å². The molecule has 0 spiro atoms. The fourth-order valence-electron chi connectivity index (χ4n) is 3.34. The van der Waals surface area contributed by atoms with Crippen molar-refractivity contribution >= 4 is 11.9 Å². The highest BCUT2D eigenvalue weighted by atomic mass is 16.6. The zero-order valence-electron chi connectivity index (χ0n) is 16.2. The molecule has 1 aromatic carbocycles. The molecule has 0 saturated heterocycles. The van der Waals surface area contributed by atoms with E-state index in [9.17, 15) is 10.1 Å². The van der Waals surface area contributed by atoms with E-state index in [1.807, 2.05) is 26.0 Å². The first-order valence-electron chi connectivity index (χ1n) is 9.22. The van der Waals surface area contributed by atoms with Crippen molar-refractivity contribution in [2.24, 2.45) is 10.9 Å². The lowest BCUT2D eigenvalue weighted by Crippen LogP contribution is -2.21. The molecule has 0 fully saturated rings. The maximum Gasteiger partial charge on any atom is 0.408 e. The van der Waals surface area contributed by atoms with Crippen LogP contribution >= 0.6 is 0 Å². The smallest absolute Gasteiger partial charge is 0.408 e. The Balaban J connectivity index is 1.81. The second kappa shape index (κ2) is 8.52. The fraction of sp³-hybridized carbons (Fsp3) is 0.286. The average molecular weight is 394 g/mol. The number of nitriles is 1. The molecule has 0 bridgehead atoms. The number of nitrogens with zero attached hydrogens (tertiary/aromatic N) is 2. The van der Waals surface area contributed by atoms with E-state index in [4.69, 9.17) is 20.4 Å². The number of hydrogen-bond donors (Lipinski definition) is 3. The molecule has 4 N–H and O–H groups in total. The number of amidine groups is 1. The van der Waals surface area contributed by atoms with Crippen LogP contribution in [0.3, 0.4) is 0 Å². The summed E-state index contributed by atoms with van der Waals surface area (Å²) in [6.07, 6.45) is 4.59. The Kier molecular flexibility index (Phi) is 5.88. The summed E-state index contributed by atoms with van der Waals surface area (Å²) < 4.78 is 5.59. The quantitative estimate of drug-likeness (QED) is 0.384. The molecule has 1 aromatic rings. The van der Waals surface area contributed by atoms with E-state index < -0.39 is 6.09 Å².